The summed E-state index contributed by atoms with van der Waals surface area (Å²) in [6, 6.07) is 5.54. The molecule has 0 unspecified atom stereocenters. The molecule has 2 saturated carbocycles. The molecule has 39 heavy (non-hydrogen) atoms. The highest BCUT2D eigenvalue weighted by molar-refractivity contribution is 5.75. The normalized spacial score (nSPS) is 31.4. The molecular weight excluding hydrogens is 489 g/mol. The minimum absolute atomic E-state index is 0.127. The van der Waals surface area contributed by atoms with Gasteiger partial charge >= 0.3 is 0 Å². The zero-order valence-electron chi connectivity index (χ0n) is 24.8. The third-order valence-corrected chi connectivity index (χ3v) is 10.7. The lowest BCUT2D eigenvalue weighted by Gasteiger charge is -2.54. The van der Waals surface area contributed by atoms with Gasteiger partial charge in [-0.25, -0.2) is 4.39 Å². The Morgan fingerprint density at radius 3 is 2.44 bits per heavy atom. The van der Waals surface area contributed by atoms with Crippen molar-refractivity contribution in [2.45, 2.75) is 135 Å². The van der Waals surface area contributed by atoms with Gasteiger partial charge in [-0.05, 0) is 91.4 Å². The fourth-order valence-electron chi connectivity index (χ4n) is 8.59. The van der Waals surface area contributed by atoms with E-state index in [4.69, 9.17) is 0 Å². The average Bonchev–Trinajstić information content (AvgIpc) is 3.21. The molecule has 0 saturated heterocycles. The van der Waals surface area contributed by atoms with Gasteiger partial charge in [0.25, 0.3) is 0 Å². The van der Waals surface area contributed by atoms with Crippen LogP contribution < -0.4 is 0 Å². The summed E-state index contributed by atoms with van der Waals surface area (Å²) < 4.78 is 15.9. The number of rotatable bonds is 14. The number of hydrogen-bond acceptors (Lipinski definition) is 3. The van der Waals surface area contributed by atoms with Gasteiger partial charge in [-0.2, -0.15) is 0 Å². The molecule has 0 radical (unpaired) electrons. The number of aromatic hydroxyl groups is 1. The van der Waals surface area contributed by atoms with Crippen molar-refractivity contribution >= 4 is 5.91 Å². The molecule has 3 aliphatic rings. The molecule has 1 aromatic carbocycles. The van der Waals surface area contributed by atoms with E-state index in [1.54, 1.807) is 6.07 Å². The largest absolute Gasteiger partial charge is 0.508 e. The SMILES string of the molecule is CCCCCCCCN(CCCCC[C@@H]1Cc2cc(O)ccc2[C@@H]2[C@@H]1[C@@H]1CC[C@H](O)[C@@]1(C)C[C@@H]2F)C(=O)CC. The maximum Gasteiger partial charge on any atom is 0.222 e. The zero-order chi connectivity index (χ0) is 28.0. The number of fused-ring (bicyclic) bond motifs is 5. The van der Waals surface area contributed by atoms with Crippen LogP contribution in [0.15, 0.2) is 18.2 Å². The van der Waals surface area contributed by atoms with Crippen LogP contribution in [0, 0.1) is 23.2 Å². The summed E-state index contributed by atoms with van der Waals surface area (Å²) in [5.41, 5.74) is 1.88. The predicted octanol–water partition coefficient (Wildman–Crippen LogP) is 7.94. The molecule has 0 heterocycles. The number of halogens is 1. The fraction of sp³-hybridized carbons (Fsp3) is 0.794. The van der Waals surface area contributed by atoms with E-state index >= 15 is 4.39 Å². The maximum atomic E-state index is 15.9. The van der Waals surface area contributed by atoms with Crippen molar-refractivity contribution in [2.24, 2.45) is 23.2 Å². The third kappa shape index (κ3) is 6.82. The van der Waals surface area contributed by atoms with E-state index in [0.717, 1.165) is 75.6 Å². The number of benzene rings is 1. The lowest BCUT2D eigenvalue weighted by Crippen LogP contribution is -2.51. The molecule has 0 spiro atoms. The van der Waals surface area contributed by atoms with Crippen LogP contribution in [0.3, 0.4) is 0 Å². The molecule has 5 heteroatoms. The monoisotopic (exact) mass is 543 g/mol. The van der Waals surface area contributed by atoms with E-state index < -0.39 is 12.3 Å². The van der Waals surface area contributed by atoms with Gasteiger partial charge in [-0.1, -0.05) is 71.8 Å². The first-order valence-electron chi connectivity index (χ1n) is 16.2. The standard InChI is InChI=1S/C34H54FNO3/c1-4-6-7-8-9-12-19-36(31(39)5-2)20-13-10-11-14-24-21-25-22-26(37)15-16-27(25)33-29(35)23-34(3)28(32(24)33)17-18-30(34)38/h15-16,22,24,28-30,32-33,37-38H,4-14,17-21,23H2,1-3H3/t24-,28+,29+,30+,32+,33+,34+/m1/s1. The van der Waals surface area contributed by atoms with Crippen molar-refractivity contribution in [1.82, 2.24) is 4.90 Å². The van der Waals surface area contributed by atoms with Crippen LogP contribution in [-0.4, -0.2) is 46.4 Å². The second-order valence-corrected chi connectivity index (χ2v) is 13.2. The van der Waals surface area contributed by atoms with Gasteiger partial charge in [0.1, 0.15) is 11.9 Å². The summed E-state index contributed by atoms with van der Waals surface area (Å²) in [5, 5.41) is 21.0. The van der Waals surface area contributed by atoms with E-state index in [2.05, 4.69) is 18.7 Å². The Bertz CT molecular complexity index is 937. The summed E-state index contributed by atoms with van der Waals surface area (Å²) in [6.07, 6.45) is 14.0. The van der Waals surface area contributed by atoms with Crippen molar-refractivity contribution in [3.05, 3.63) is 29.3 Å². The Morgan fingerprint density at radius 1 is 1.03 bits per heavy atom. The fourth-order valence-corrected chi connectivity index (χ4v) is 8.59. The summed E-state index contributed by atoms with van der Waals surface area (Å²) >= 11 is 0. The Morgan fingerprint density at radius 2 is 1.72 bits per heavy atom. The molecule has 0 aliphatic heterocycles. The van der Waals surface area contributed by atoms with Gasteiger partial charge < -0.3 is 15.1 Å². The first-order valence-corrected chi connectivity index (χ1v) is 16.2. The van der Waals surface area contributed by atoms with Crippen molar-refractivity contribution in [3.8, 4) is 5.75 Å². The molecule has 0 bridgehead atoms. The number of phenols is 1. The minimum atomic E-state index is -0.953. The highest BCUT2D eigenvalue weighted by Crippen LogP contribution is 2.63. The van der Waals surface area contributed by atoms with Gasteiger partial charge in [0.15, 0.2) is 0 Å². The Balaban J connectivity index is 1.35. The maximum absolute atomic E-state index is 15.9. The molecule has 2 N–H and O–H groups in total. The number of hydrogen-bond donors (Lipinski definition) is 2. The second-order valence-electron chi connectivity index (χ2n) is 13.2. The molecule has 4 rings (SSSR count). The quantitative estimate of drug-likeness (QED) is 0.234. The van der Waals surface area contributed by atoms with Crippen LogP contribution in [0.5, 0.6) is 5.75 Å². The molecular formula is C34H54FNO3. The van der Waals surface area contributed by atoms with Crippen molar-refractivity contribution in [2.75, 3.05) is 13.1 Å². The number of carbonyl (C=O) groups is 1. The highest BCUT2D eigenvalue weighted by atomic mass is 19.1. The molecule has 3 aliphatic carbocycles. The lowest BCUT2D eigenvalue weighted by atomic mass is 9.51. The number of phenolic OH excluding ortho intramolecular Hbond substituents is 1. The molecule has 0 aromatic heterocycles. The van der Waals surface area contributed by atoms with Crippen LogP contribution in [0.4, 0.5) is 4.39 Å². The van der Waals surface area contributed by atoms with Crippen LogP contribution in [-0.2, 0) is 11.2 Å². The number of aliphatic hydroxyl groups excluding tert-OH is 1. The first kappa shape index (κ1) is 30.3. The number of nitrogens with zero attached hydrogens (tertiary/aromatic N) is 1. The Kier molecular flexibility index (Phi) is 10.8. The summed E-state index contributed by atoms with van der Waals surface area (Å²) in [4.78, 5) is 14.6. The second kappa shape index (κ2) is 13.8. The van der Waals surface area contributed by atoms with Crippen LogP contribution >= 0.6 is 0 Å². The van der Waals surface area contributed by atoms with E-state index in [-0.39, 0.29) is 28.9 Å². The molecule has 1 amide bonds. The molecule has 2 fully saturated rings. The van der Waals surface area contributed by atoms with Crippen LogP contribution in [0.1, 0.15) is 128 Å². The van der Waals surface area contributed by atoms with Gasteiger partial charge in [-0.3, -0.25) is 4.79 Å². The zero-order valence-corrected chi connectivity index (χ0v) is 24.8. The van der Waals surface area contributed by atoms with Gasteiger partial charge in [-0.15, -0.1) is 0 Å². The van der Waals surface area contributed by atoms with Crippen molar-refractivity contribution in [1.29, 1.82) is 0 Å². The summed E-state index contributed by atoms with van der Waals surface area (Å²) in [5.74, 6) is 1.38. The molecule has 7 atom stereocenters. The third-order valence-electron chi connectivity index (χ3n) is 10.7. The summed E-state index contributed by atoms with van der Waals surface area (Å²) in [7, 11) is 0. The van der Waals surface area contributed by atoms with E-state index in [0.29, 0.717) is 24.7 Å². The van der Waals surface area contributed by atoms with Gasteiger partial charge in [0.2, 0.25) is 5.91 Å². The number of aliphatic hydroxyl groups is 1. The van der Waals surface area contributed by atoms with Crippen LogP contribution in [0.2, 0.25) is 0 Å². The first-order chi connectivity index (χ1) is 18.8. The van der Waals surface area contributed by atoms with E-state index in [1.165, 1.54) is 32.1 Å². The number of carbonyl (C=O) groups excluding carboxylic acids is 1. The minimum Gasteiger partial charge on any atom is -0.508 e. The van der Waals surface area contributed by atoms with Crippen molar-refractivity contribution < 1.29 is 19.4 Å². The Labute approximate surface area is 236 Å². The number of unbranched alkanes of at least 4 members (excludes halogenated alkanes) is 7. The number of amides is 1. The van der Waals surface area contributed by atoms with E-state index in [1.807, 2.05) is 19.1 Å². The highest BCUT2D eigenvalue weighted by Gasteiger charge is 2.59. The predicted molar refractivity (Wildman–Crippen MR) is 157 cm³/mol. The van der Waals surface area contributed by atoms with Gasteiger partial charge in [0.05, 0.1) is 6.10 Å². The topological polar surface area (TPSA) is 60.8 Å². The van der Waals surface area contributed by atoms with Crippen LogP contribution in [0.25, 0.3) is 0 Å². The van der Waals surface area contributed by atoms with Crippen molar-refractivity contribution in [3.63, 3.8) is 0 Å². The number of alkyl halides is 1. The molecule has 1 aromatic rings. The van der Waals surface area contributed by atoms with E-state index in [9.17, 15) is 15.0 Å². The summed E-state index contributed by atoms with van der Waals surface area (Å²) in [6.45, 7) is 8.05. The Hall–Kier alpha value is -1.62. The lowest BCUT2D eigenvalue weighted by molar-refractivity contribution is -0.131. The van der Waals surface area contributed by atoms with Gasteiger partial charge in [0, 0.05) is 25.4 Å². The molecule has 4 nitrogen and oxygen atoms in total. The molecule has 220 valence electrons. The average molecular weight is 544 g/mol. The smallest absolute Gasteiger partial charge is 0.222 e.